The van der Waals surface area contributed by atoms with Gasteiger partial charge < -0.3 is 15.0 Å². The van der Waals surface area contributed by atoms with Gasteiger partial charge in [-0.3, -0.25) is 0 Å². The predicted octanol–water partition coefficient (Wildman–Crippen LogP) is 3.15. The molecule has 0 spiro atoms. The Morgan fingerprint density at radius 3 is 3.04 bits per heavy atom. The number of ether oxygens (including phenoxy) is 1. The van der Waals surface area contributed by atoms with Crippen LogP contribution in [0.1, 0.15) is 33.6 Å². The van der Waals surface area contributed by atoms with Crippen LogP contribution < -0.4 is 5.32 Å². The van der Waals surface area contributed by atoms with E-state index >= 15 is 0 Å². The fourth-order valence-electron chi connectivity index (χ4n) is 2.77. The Morgan fingerprint density at radius 1 is 1.50 bits per heavy atom. The van der Waals surface area contributed by atoms with Crippen molar-refractivity contribution in [3.63, 3.8) is 0 Å². The van der Waals surface area contributed by atoms with Crippen LogP contribution in [0.3, 0.4) is 0 Å². The number of halogens is 1. The highest BCUT2D eigenvalue weighted by Crippen LogP contribution is 2.21. The first kappa shape index (κ1) is 17.2. The molecular formula is C16H22IN5O2. The molecule has 1 amide bonds. The van der Waals surface area contributed by atoms with E-state index in [9.17, 15) is 4.79 Å². The number of rotatable bonds is 3. The summed E-state index contributed by atoms with van der Waals surface area (Å²) in [5.74, 6) is 0.789. The van der Waals surface area contributed by atoms with Crippen LogP contribution in [0.4, 0.5) is 10.6 Å². The van der Waals surface area contributed by atoms with Gasteiger partial charge in [0.25, 0.3) is 0 Å². The molecule has 0 saturated carbocycles. The summed E-state index contributed by atoms with van der Waals surface area (Å²) in [5.41, 5.74) is 0.360. The molecule has 1 fully saturated rings. The standard InChI is InChI=1S/C16H22IN5O2/c1-16(2,3)24-15(23)21-7-4-5-11(21)9-18-13-6-8-22-14(20-13)12(17)10-19-22/h6,8,10-11H,4-5,7,9H2,1-3H3,(H,18,20). The minimum Gasteiger partial charge on any atom is -0.444 e. The van der Waals surface area contributed by atoms with E-state index in [1.165, 1.54) is 0 Å². The Balaban J connectivity index is 1.64. The van der Waals surface area contributed by atoms with Gasteiger partial charge in [0.1, 0.15) is 11.4 Å². The molecule has 1 unspecified atom stereocenters. The summed E-state index contributed by atoms with van der Waals surface area (Å²) in [4.78, 5) is 18.7. The highest BCUT2D eigenvalue weighted by Gasteiger charge is 2.31. The van der Waals surface area contributed by atoms with Crippen LogP contribution in [0.5, 0.6) is 0 Å². The van der Waals surface area contributed by atoms with E-state index in [1.54, 1.807) is 10.7 Å². The number of carbonyl (C=O) groups is 1. The highest BCUT2D eigenvalue weighted by atomic mass is 127. The van der Waals surface area contributed by atoms with E-state index in [4.69, 9.17) is 4.74 Å². The van der Waals surface area contributed by atoms with E-state index in [-0.39, 0.29) is 12.1 Å². The van der Waals surface area contributed by atoms with Crippen LogP contribution in [0.2, 0.25) is 0 Å². The van der Waals surface area contributed by atoms with E-state index in [0.29, 0.717) is 6.54 Å². The van der Waals surface area contributed by atoms with Crippen molar-refractivity contribution in [2.24, 2.45) is 0 Å². The van der Waals surface area contributed by atoms with Gasteiger partial charge in [0.2, 0.25) is 0 Å². The third kappa shape index (κ3) is 3.90. The molecule has 0 aliphatic carbocycles. The number of fused-ring (bicyclic) bond motifs is 1. The lowest BCUT2D eigenvalue weighted by Gasteiger charge is -2.28. The van der Waals surface area contributed by atoms with Gasteiger partial charge in [-0.2, -0.15) is 5.10 Å². The van der Waals surface area contributed by atoms with Crippen molar-refractivity contribution in [2.45, 2.75) is 45.3 Å². The van der Waals surface area contributed by atoms with E-state index in [1.807, 2.05) is 37.9 Å². The summed E-state index contributed by atoms with van der Waals surface area (Å²) in [5, 5.41) is 7.55. The normalized spacial score (nSPS) is 18.2. The molecular weight excluding hydrogens is 421 g/mol. The summed E-state index contributed by atoms with van der Waals surface area (Å²) in [7, 11) is 0. The molecule has 0 radical (unpaired) electrons. The van der Waals surface area contributed by atoms with Crippen LogP contribution in [-0.4, -0.2) is 50.3 Å². The maximum absolute atomic E-state index is 12.3. The summed E-state index contributed by atoms with van der Waals surface area (Å²) in [6, 6.07) is 2.02. The van der Waals surface area contributed by atoms with Gasteiger partial charge in [0, 0.05) is 19.3 Å². The molecule has 24 heavy (non-hydrogen) atoms. The Morgan fingerprint density at radius 2 is 2.29 bits per heavy atom. The smallest absolute Gasteiger partial charge is 0.410 e. The first-order chi connectivity index (χ1) is 11.3. The summed E-state index contributed by atoms with van der Waals surface area (Å²) in [6.45, 7) is 7.07. The number of nitrogens with one attached hydrogen (secondary N) is 1. The largest absolute Gasteiger partial charge is 0.444 e. The minimum absolute atomic E-state index is 0.127. The first-order valence-electron chi connectivity index (χ1n) is 8.07. The van der Waals surface area contributed by atoms with Gasteiger partial charge in [0.05, 0.1) is 15.8 Å². The predicted molar refractivity (Wildman–Crippen MR) is 100 cm³/mol. The third-order valence-corrected chi connectivity index (χ3v) is 4.61. The summed E-state index contributed by atoms with van der Waals surface area (Å²) in [6.07, 6.45) is 5.40. The van der Waals surface area contributed by atoms with Crippen molar-refractivity contribution in [3.8, 4) is 0 Å². The van der Waals surface area contributed by atoms with Crippen LogP contribution in [-0.2, 0) is 4.74 Å². The Labute approximate surface area is 154 Å². The lowest BCUT2D eigenvalue weighted by molar-refractivity contribution is 0.0235. The average Bonchev–Trinajstić information content (AvgIpc) is 3.11. The van der Waals surface area contributed by atoms with Crippen molar-refractivity contribution in [1.82, 2.24) is 19.5 Å². The van der Waals surface area contributed by atoms with Crippen LogP contribution in [0.15, 0.2) is 18.5 Å². The van der Waals surface area contributed by atoms with Gasteiger partial charge in [0.15, 0.2) is 5.65 Å². The van der Waals surface area contributed by atoms with Gasteiger partial charge >= 0.3 is 6.09 Å². The summed E-state index contributed by atoms with van der Waals surface area (Å²) >= 11 is 2.22. The first-order valence-corrected chi connectivity index (χ1v) is 9.15. The number of nitrogens with zero attached hydrogens (tertiary/aromatic N) is 4. The molecule has 1 aliphatic rings. The average molecular weight is 443 g/mol. The van der Waals surface area contributed by atoms with Gasteiger partial charge in [-0.25, -0.2) is 14.3 Å². The number of hydrogen-bond donors (Lipinski definition) is 1. The quantitative estimate of drug-likeness (QED) is 0.739. The van der Waals surface area contributed by atoms with Gasteiger partial charge in [-0.1, -0.05) is 0 Å². The molecule has 1 atom stereocenters. The molecule has 130 valence electrons. The minimum atomic E-state index is -0.469. The van der Waals surface area contributed by atoms with Crippen LogP contribution >= 0.6 is 22.6 Å². The monoisotopic (exact) mass is 443 g/mol. The lowest BCUT2D eigenvalue weighted by Crippen LogP contribution is -2.42. The van der Waals surface area contributed by atoms with Crippen molar-refractivity contribution in [3.05, 3.63) is 22.0 Å². The second-order valence-corrected chi connectivity index (χ2v) is 8.09. The molecule has 2 aromatic heterocycles. The molecule has 0 aromatic carbocycles. The molecule has 7 nitrogen and oxygen atoms in total. The number of likely N-dealkylation sites (tertiary alicyclic amines) is 1. The molecule has 3 heterocycles. The van der Waals surface area contributed by atoms with Crippen molar-refractivity contribution in [2.75, 3.05) is 18.4 Å². The second kappa shape index (κ2) is 6.73. The number of aromatic nitrogens is 3. The fraction of sp³-hybridized carbons (Fsp3) is 0.562. The van der Waals surface area contributed by atoms with Crippen LogP contribution in [0.25, 0.3) is 5.65 Å². The Bertz CT molecular complexity index is 740. The van der Waals surface area contributed by atoms with Crippen LogP contribution in [0, 0.1) is 3.57 Å². The van der Waals surface area contributed by atoms with Crippen molar-refractivity contribution >= 4 is 40.1 Å². The van der Waals surface area contributed by atoms with Gasteiger partial charge in [-0.05, 0) is 62.3 Å². The zero-order valence-corrected chi connectivity index (χ0v) is 16.3. The molecule has 3 rings (SSSR count). The zero-order chi connectivity index (χ0) is 17.3. The molecule has 0 bridgehead atoms. The van der Waals surface area contributed by atoms with Crippen molar-refractivity contribution in [1.29, 1.82) is 0 Å². The lowest BCUT2D eigenvalue weighted by atomic mass is 10.2. The van der Waals surface area contributed by atoms with E-state index in [0.717, 1.165) is 34.4 Å². The summed E-state index contributed by atoms with van der Waals surface area (Å²) < 4.78 is 8.25. The number of carbonyl (C=O) groups excluding carboxylic acids is 1. The molecule has 1 N–H and O–H groups in total. The molecule has 1 aliphatic heterocycles. The topological polar surface area (TPSA) is 71.8 Å². The highest BCUT2D eigenvalue weighted by molar-refractivity contribution is 14.1. The molecule has 8 heteroatoms. The number of hydrogen-bond acceptors (Lipinski definition) is 5. The molecule has 1 saturated heterocycles. The van der Waals surface area contributed by atoms with Gasteiger partial charge in [-0.15, -0.1) is 0 Å². The Kier molecular flexibility index (Phi) is 4.84. The maximum atomic E-state index is 12.3. The maximum Gasteiger partial charge on any atom is 0.410 e. The van der Waals surface area contributed by atoms with Crippen molar-refractivity contribution < 1.29 is 9.53 Å². The van der Waals surface area contributed by atoms with E-state index < -0.39 is 5.60 Å². The third-order valence-electron chi connectivity index (χ3n) is 3.85. The zero-order valence-electron chi connectivity index (χ0n) is 14.1. The second-order valence-electron chi connectivity index (χ2n) is 6.92. The fourth-order valence-corrected chi connectivity index (χ4v) is 3.26. The molecule has 2 aromatic rings. The SMILES string of the molecule is CC(C)(C)OC(=O)N1CCCC1CNc1ccn2ncc(I)c2n1. The Hall–Kier alpha value is -1.58. The number of anilines is 1. The van der Waals surface area contributed by atoms with E-state index in [2.05, 4.69) is 38.0 Å². The number of amides is 1.